The van der Waals surface area contributed by atoms with Crippen molar-refractivity contribution in [3.05, 3.63) is 75.9 Å². The maximum Gasteiger partial charge on any atom is 0.270 e. The third-order valence-electron chi connectivity index (χ3n) is 5.05. The molecule has 5 rings (SSSR count). The normalized spacial score (nSPS) is 13.1. The fraction of sp³-hybridized carbons (Fsp3) is 0.182. The highest BCUT2D eigenvalue weighted by molar-refractivity contribution is 7.99. The van der Waals surface area contributed by atoms with Crippen LogP contribution in [0.4, 0.5) is 10.8 Å². The van der Waals surface area contributed by atoms with Gasteiger partial charge in [-0.1, -0.05) is 42.1 Å². The number of para-hydroxylation sites is 1. The molecule has 2 aromatic heterocycles. The Hall–Kier alpha value is -3.57. The molecule has 166 valence electrons. The lowest BCUT2D eigenvalue weighted by atomic mass is 10.1. The number of benzene rings is 2. The summed E-state index contributed by atoms with van der Waals surface area (Å²) in [4.78, 5) is 27.5. The molecule has 1 aliphatic carbocycles. The molecule has 0 unspecified atom stereocenters. The van der Waals surface area contributed by atoms with Gasteiger partial charge in [-0.25, -0.2) is 4.98 Å². The second-order valence-electron chi connectivity index (χ2n) is 7.47. The van der Waals surface area contributed by atoms with E-state index in [4.69, 9.17) is 0 Å². The Morgan fingerprint density at radius 2 is 2.00 bits per heavy atom. The third kappa shape index (κ3) is 4.78. The monoisotopic (exact) mass is 478 g/mol. The van der Waals surface area contributed by atoms with Crippen molar-refractivity contribution >= 4 is 39.8 Å². The van der Waals surface area contributed by atoms with Gasteiger partial charge in [0.05, 0.1) is 16.4 Å². The SMILES string of the molecule is O=C(CSc1nnc(C2CC2)n1-c1ccccc1)Nc1nc(-c2cccc([N+](=O)[O-])c2)cs1. The van der Waals surface area contributed by atoms with Crippen molar-refractivity contribution in [1.82, 2.24) is 19.7 Å². The van der Waals surface area contributed by atoms with Gasteiger partial charge in [-0.2, -0.15) is 0 Å². The number of hydrogen-bond donors (Lipinski definition) is 1. The first-order valence-corrected chi connectivity index (χ1v) is 12.1. The molecule has 0 radical (unpaired) electrons. The van der Waals surface area contributed by atoms with Crippen LogP contribution >= 0.6 is 23.1 Å². The van der Waals surface area contributed by atoms with Gasteiger partial charge in [0.25, 0.3) is 5.69 Å². The number of non-ortho nitro benzene ring substituents is 1. The van der Waals surface area contributed by atoms with E-state index < -0.39 is 4.92 Å². The number of hydrogen-bond acceptors (Lipinski definition) is 8. The summed E-state index contributed by atoms with van der Waals surface area (Å²) in [6.45, 7) is 0. The van der Waals surface area contributed by atoms with Crippen LogP contribution in [0.3, 0.4) is 0 Å². The number of nitro groups is 1. The molecule has 2 aromatic carbocycles. The number of thiazole rings is 1. The van der Waals surface area contributed by atoms with Crippen LogP contribution in [0, 0.1) is 10.1 Å². The van der Waals surface area contributed by atoms with Gasteiger partial charge in [-0.05, 0) is 25.0 Å². The average molecular weight is 479 g/mol. The number of anilines is 1. The molecule has 33 heavy (non-hydrogen) atoms. The minimum absolute atomic E-state index is 0.00409. The van der Waals surface area contributed by atoms with E-state index in [2.05, 4.69) is 20.5 Å². The fourth-order valence-corrected chi connectivity index (χ4v) is 4.82. The lowest BCUT2D eigenvalue weighted by Gasteiger charge is -2.09. The van der Waals surface area contributed by atoms with Crippen molar-refractivity contribution in [3.8, 4) is 16.9 Å². The largest absolute Gasteiger partial charge is 0.301 e. The molecule has 4 aromatic rings. The predicted octanol–water partition coefficient (Wildman–Crippen LogP) is 4.91. The molecule has 0 spiro atoms. The van der Waals surface area contributed by atoms with Gasteiger partial charge < -0.3 is 5.32 Å². The Morgan fingerprint density at radius 3 is 2.76 bits per heavy atom. The highest BCUT2D eigenvalue weighted by Crippen LogP contribution is 2.41. The lowest BCUT2D eigenvalue weighted by molar-refractivity contribution is -0.384. The first-order chi connectivity index (χ1) is 16.1. The van der Waals surface area contributed by atoms with Crippen LogP contribution in [-0.4, -0.2) is 36.3 Å². The zero-order chi connectivity index (χ0) is 22.8. The number of amides is 1. The van der Waals surface area contributed by atoms with Gasteiger partial charge in [-0.15, -0.1) is 21.5 Å². The van der Waals surface area contributed by atoms with E-state index in [1.807, 2.05) is 34.9 Å². The first-order valence-electron chi connectivity index (χ1n) is 10.2. The van der Waals surface area contributed by atoms with E-state index in [1.54, 1.807) is 17.5 Å². The zero-order valence-electron chi connectivity index (χ0n) is 17.2. The molecule has 0 saturated heterocycles. The summed E-state index contributed by atoms with van der Waals surface area (Å²) in [5.41, 5.74) is 2.17. The van der Waals surface area contributed by atoms with E-state index in [1.165, 1.54) is 35.2 Å². The number of nitro benzene ring substituents is 1. The maximum atomic E-state index is 12.6. The maximum absolute atomic E-state index is 12.6. The van der Waals surface area contributed by atoms with Crippen LogP contribution in [0.15, 0.2) is 65.1 Å². The molecule has 2 heterocycles. The Bertz CT molecular complexity index is 1320. The summed E-state index contributed by atoms with van der Waals surface area (Å²) in [6, 6.07) is 16.2. The van der Waals surface area contributed by atoms with Gasteiger partial charge in [-0.3, -0.25) is 19.5 Å². The Labute approximate surface area is 197 Å². The standard InChI is InChI=1S/C22H18N6O3S2/c29-19(24-21-23-18(12-32-21)15-5-4-8-17(11-15)28(30)31)13-33-22-26-25-20(14-9-10-14)27(22)16-6-2-1-3-7-16/h1-8,11-12,14H,9-10,13H2,(H,23,24,29). The summed E-state index contributed by atoms with van der Waals surface area (Å²) < 4.78 is 2.03. The number of carbonyl (C=O) groups is 1. The van der Waals surface area contributed by atoms with E-state index >= 15 is 0 Å². The van der Waals surface area contributed by atoms with Crippen LogP contribution in [0.1, 0.15) is 24.6 Å². The van der Waals surface area contributed by atoms with Gasteiger partial charge in [0, 0.05) is 34.7 Å². The Balaban J connectivity index is 1.26. The highest BCUT2D eigenvalue weighted by Gasteiger charge is 2.31. The van der Waals surface area contributed by atoms with Crippen LogP contribution < -0.4 is 5.32 Å². The van der Waals surface area contributed by atoms with Crippen molar-refractivity contribution in [2.45, 2.75) is 23.9 Å². The van der Waals surface area contributed by atoms with Crippen molar-refractivity contribution in [1.29, 1.82) is 0 Å². The fourth-order valence-electron chi connectivity index (χ4n) is 3.33. The topological polar surface area (TPSA) is 116 Å². The molecular formula is C22H18N6O3S2. The van der Waals surface area contributed by atoms with E-state index in [0.717, 1.165) is 24.4 Å². The highest BCUT2D eigenvalue weighted by atomic mass is 32.2. The number of rotatable bonds is 8. The Morgan fingerprint density at radius 1 is 1.18 bits per heavy atom. The molecule has 1 N–H and O–H groups in total. The zero-order valence-corrected chi connectivity index (χ0v) is 18.9. The minimum atomic E-state index is -0.446. The molecule has 1 amide bonds. The molecule has 9 nitrogen and oxygen atoms in total. The quantitative estimate of drug-likeness (QED) is 0.217. The van der Waals surface area contributed by atoms with E-state index in [-0.39, 0.29) is 17.3 Å². The summed E-state index contributed by atoms with van der Waals surface area (Å²) in [6.07, 6.45) is 2.21. The predicted molar refractivity (Wildman–Crippen MR) is 127 cm³/mol. The van der Waals surface area contributed by atoms with Crippen molar-refractivity contribution < 1.29 is 9.72 Å². The summed E-state index contributed by atoms with van der Waals surface area (Å²) >= 11 is 2.59. The number of nitrogens with zero attached hydrogens (tertiary/aromatic N) is 5. The molecule has 11 heteroatoms. The molecule has 1 saturated carbocycles. The summed E-state index contributed by atoms with van der Waals surface area (Å²) in [7, 11) is 0. The van der Waals surface area contributed by atoms with Crippen molar-refractivity contribution in [2.75, 3.05) is 11.1 Å². The smallest absolute Gasteiger partial charge is 0.270 e. The second-order valence-corrected chi connectivity index (χ2v) is 9.27. The lowest BCUT2D eigenvalue weighted by Crippen LogP contribution is -2.14. The van der Waals surface area contributed by atoms with Crippen molar-refractivity contribution in [2.24, 2.45) is 0 Å². The van der Waals surface area contributed by atoms with Gasteiger partial charge in [0.2, 0.25) is 5.91 Å². The molecule has 0 bridgehead atoms. The Kier molecular flexibility index (Phi) is 5.88. The summed E-state index contributed by atoms with van der Waals surface area (Å²) in [5, 5.41) is 25.4. The number of carbonyl (C=O) groups excluding carboxylic acids is 1. The van der Waals surface area contributed by atoms with Gasteiger partial charge in [0.15, 0.2) is 10.3 Å². The molecule has 0 aliphatic heterocycles. The molecule has 1 aliphatic rings. The van der Waals surface area contributed by atoms with Crippen molar-refractivity contribution in [3.63, 3.8) is 0 Å². The minimum Gasteiger partial charge on any atom is -0.301 e. The summed E-state index contributed by atoms with van der Waals surface area (Å²) in [5.74, 6) is 1.30. The number of thioether (sulfide) groups is 1. The number of aromatic nitrogens is 4. The molecular weight excluding hydrogens is 460 g/mol. The first kappa shape index (κ1) is 21.3. The van der Waals surface area contributed by atoms with Crippen LogP contribution in [0.25, 0.3) is 16.9 Å². The van der Waals surface area contributed by atoms with Crippen LogP contribution in [-0.2, 0) is 4.79 Å². The van der Waals surface area contributed by atoms with E-state index in [9.17, 15) is 14.9 Å². The average Bonchev–Trinajstić information content (AvgIpc) is 3.42. The second kappa shape index (κ2) is 9.12. The van der Waals surface area contributed by atoms with E-state index in [0.29, 0.717) is 27.5 Å². The third-order valence-corrected chi connectivity index (χ3v) is 6.74. The van der Waals surface area contributed by atoms with Crippen LogP contribution in [0.5, 0.6) is 0 Å². The number of nitrogens with one attached hydrogen (secondary N) is 1. The van der Waals surface area contributed by atoms with Gasteiger partial charge in [0.1, 0.15) is 5.82 Å². The van der Waals surface area contributed by atoms with Crippen LogP contribution in [0.2, 0.25) is 0 Å². The van der Waals surface area contributed by atoms with Gasteiger partial charge >= 0.3 is 0 Å². The molecule has 0 atom stereocenters. The molecule has 1 fully saturated rings.